The summed E-state index contributed by atoms with van der Waals surface area (Å²) in [4.78, 5) is 7.17. The summed E-state index contributed by atoms with van der Waals surface area (Å²) in [5.41, 5.74) is 4.65. The number of halogens is 1. The topological polar surface area (TPSA) is 48.9 Å². The number of hydrogen-bond donors (Lipinski definition) is 2. The van der Waals surface area contributed by atoms with Crippen molar-refractivity contribution < 1.29 is 9.13 Å². The molecule has 1 aliphatic heterocycles. The van der Waals surface area contributed by atoms with Crippen LogP contribution in [0, 0.1) is 12.7 Å². The fourth-order valence-electron chi connectivity index (χ4n) is 3.61. The van der Waals surface area contributed by atoms with Gasteiger partial charge >= 0.3 is 0 Å². The zero-order chi connectivity index (χ0) is 21.2. The lowest BCUT2D eigenvalue weighted by molar-refractivity contribution is 0.0342. The van der Waals surface area contributed by atoms with Crippen molar-refractivity contribution in [1.29, 1.82) is 0 Å². The van der Waals surface area contributed by atoms with Crippen LogP contribution in [0.1, 0.15) is 29.2 Å². The molecule has 0 bridgehead atoms. The van der Waals surface area contributed by atoms with Gasteiger partial charge in [-0.1, -0.05) is 30.3 Å². The minimum absolute atomic E-state index is 0.185. The zero-order valence-corrected chi connectivity index (χ0v) is 18.1. The van der Waals surface area contributed by atoms with Gasteiger partial charge < -0.3 is 15.4 Å². The van der Waals surface area contributed by atoms with Gasteiger partial charge in [-0.25, -0.2) is 9.38 Å². The molecule has 2 N–H and O–H groups in total. The number of hydrogen-bond acceptors (Lipinski definition) is 3. The van der Waals surface area contributed by atoms with Gasteiger partial charge in [-0.3, -0.25) is 4.90 Å². The van der Waals surface area contributed by atoms with E-state index in [0.29, 0.717) is 6.54 Å². The third kappa shape index (κ3) is 7.11. The highest BCUT2D eigenvalue weighted by atomic mass is 19.1. The summed E-state index contributed by atoms with van der Waals surface area (Å²) in [6.07, 6.45) is 0.825. The molecule has 3 rings (SSSR count). The molecule has 2 aromatic carbocycles. The lowest BCUT2D eigenvalue weighted by Crippen LogP contribution is -2.38. The number of ether oxygens (including phenoxy) is 1. The second-order valence-corrected chi connectivity index (χ2v) is 7.65. The van der Waals surface area contributed by atoms with E-state index in [1.54, 1.807) is 6.07 Å². The second-order valence-electron chi connectivity index (χ2n) is 7.65. The van der Waals surface area contributed by atoms with Crippen molar-refractivity contribution in [2.45, 2.75) is 33.4 Å². The van der Waals surface area contributed by atoms with Crippen molar-refractivity contribution in [2.24, 2.45) is 4.99 Å². The van der Waals surface area contributed by atoms with Crippen molar-refractivity contribution in [2.75, 3.05) is 39.4 Å². The largest absolute Gasteiger partial charge is 0.379 e. The molecule has 0 aromatic heterocycles. The van der Waals surface area contributed by atoms with Crippen molar-refractivity contribution in [3.8, 4) is 0 Å². The number of nitrogens with one attached hydrogen (secondary N) is 2. The first kappa shape index (κ1) is 22.2. The summed E-state index contributed by atoms with van der Waals surface area (Å²) >= 11 is 0. The predicted molar refractivity (Wildman–Crippen MR) is 120 cm³/mol. The highest BCUT2D eigenvalue weighted by molar-refractivity contribution is 5.79. The van der Waals surface area contributed by atoms with Crippen LogP contribution < -0.4 is 10.6 Å². The molecule has 1 saturated heterocycles. The minimum atomic E-state index is -0.185. The Labute approximate surface area is 179 Å². The van der Waals surface area contributed by atoms with Gasteiger partial charge in [0.15, 0.2) is 5.96 Å². The Kier molecular flexibility index (Phi) is 8.66. The number of aliphatic imine (C=N–C) groups is 1. The number of aryl methyl sites for hydroxylation is 1. The van der Waals surface area contributed by atoms with E-state index in [4.69, 9.17) is 9.73 Å². The molecule has 0 unspecified atom stereocenters. The first-order valence-electron chi connectivity index (χ1n) is 10.8. The number of rotatable bonds is 8. The summed E-state index contributed by atoms with van der Waals surface area (Å²) in [6.45, 7) is 10.8. The number of benzene rings is 2. The molecule has 0 radical (unpaired) electrons. The third-order valence-corrected chi connectivity index (χ3v) is 5.26. The molecule has 6 heteroatoms. The van der Waals surface area contributed by atoms with Crippen LogP contribution in [0.5, 0.6) is 0 Å². The van der Waals surface area contributed by atoms with Gasteiger partial charge in [0, 0.05) is 32.7 Å². The Bertz CT molecular complexity index is 834. The molecule has 162 valence electrons. The van der Waals surface area contributed by atoms with Gasteiger partial charge in [-0.15, -0.1) is 0 Å². The Balaban J connectivity index is 1.54. The van der Waals surface area contributed by atoms with Crippen LogP contribution in [0.3, 0.4) is 0 Å². The van der Waals surface area contributed by atoms with E-state index >= 15 is 0 Å². The maximum Gasteiger partial charge on any atom is 0.191 e. The molecule has 0 atom stereocenters. The summed E-state index contributed by atoms with van der Waals surface area (Å²) in [5, 5.41) is 6.68. The first-order valence-corrected chi connectivity index (χ1v) is 10.8. The molecular weight excluding hydrogens is 379 g/mol. The van der Waals surface area contributed by atoms with E-state index < -0.39 is 0 Å². The average molecular weight is 413 g/mol. The molecule has 0 spiro atoms. The molecule has 2 aromatic rings. The SMILES string of the molecule is CCNC(=NCc1cccc(CN2CCOCC2)c1)NCCc1ccc(F)cc1C. The summed E-state index contributed by atoms with van der Waals surface area (Å²) in [7, 11) is 0. The maximum atomic E-state index is 13.3. The standard InChI is InChI=1S/C24H33FN4O/c1-3-26-24(27-10-9-22-7-8-23(25)15-19(22)2)28-17-20-5-4-6-21(16-20)18-29-11-13-30-14-12-29/h4-8,15-16H,3,9-14,17-18H2,1-2H3,(H2,26,27,28). The van der Waals surface area contributed by atoms with Crippen LogP contribution >= 0.6 is 0 Å². The summed E-state index contributed by atoms with van der Waals surface area (Å²) in [6, 6.07) is 13.6. The lowest BCUT2D eigenvalue weighted by Gasteiger charge is -2.26. The Hall–Kier alpha value is -2.44. The molecule has 5 nitrogen and oxygen atoms in total. The van der Waals surface area contributed by atoms with Gasteiger partial charge in [0.1, 0.15) is 5.82 Å². The zero-order valence-electron chi connectivity index (χ0n) is 18.1. The highest BCUT2D eigenvalue weighted by Gasteiger charge is 2.10. The van der Waals surface area contributed by atoms with Crippen LogP contribution in [-0.4, -0.2) is 50.3 Å². The smallest absolute Gasteiger partial charge is 0.191 e. The van der Waals surface area contributed by atoms with E-state index in [1.165, 1.54) is 17.2 Å². The Morgan fingerprint density at radius 2 is 1.90 bits per heavy atom. The monoisotopic (exact) mass is 412 g/mol. The molecule has 1 heterocycles. The molecule has 0 saturated carbocycles. The molecular formula is C24H33FN4O. The maximum absolute atomic E-state index is 13.3. The molecule has 30 heavy (non-hydrogen) atoms. The second kappa shape index (κ2) is 11.7. The van der Waals surface area contributed by atoms with Crippen molar-refractivity contribution in [3.63, 3.8) is 0 Å². The van der Waals surface area contributed by atoms with Crippen LogP contribution in [0.15, 0.2) is 47.5 Å². The van der Waals surface area contributed by atoms with Crippen LogP contribution in [0.25, 0.3) is 0 Å². The molecule has 1 aliphatic rings. The quantitative estimate of drug-likeness (QED) is 0.516. The summed E-state index contributed by atoms with van der Waals surface area (Å²) < 4.78 is 18.7. The first-order chi connectivity index (χ1) is 14.6. The van der Waals surface area contributed by atoms with Crippen LogP contribution in [0.2, 0.25) is 0 Å². The molecule has 1 fully saturated rings. The fourth-order valence-corrected chi connectivity index (χ4v) is 3.61. The van der Waals surface area contributed by atoms with E-state index in [0.717, 1.165) is 69.4 Å². The van der Waals surface area contributed by atoms with Crippen molar-refractivity contribution >= 4 is 5.96 Å². The Morgan fingerprint density at radius 3 is 2.67 bits per heavy atom. The minimum Gasteiger partial charge on any atom is -0.379 e. The van der Waals surface area contributed by atoms with E-state index in [1.807, 2.05) is 13.0 Å². The number of guanidine groups is 1. The van der Waals surface area contributed by atoms with E-state index in [9.17, 15) is 4.39 Å². The van der Waals surface area contributed by atoms with E-state index in [2.05, 4.69) is 46.7 Å². The summed E-state index contributed by atoms with van der Waals surface area (Å²) in [5.74, 6) is 0.616. The normalized spacial score (nSPS) is 15.2. The fraction of sp³-hybridized carbons (Fsp3) is 0.458. The third-order valence-electron chi connectivity index (χ3n) is 5.26. The Morgan fingerprint density at radius 1 is 1.10 bits per heavy atom. The van der Waals surface area contributed by atoms with E-state index in [-0.39, 0.29) is 5.82 Å². The van der Waals surface area contributed by atoms with Gasteiger partial charge in [0.25, 0.3) is 0 Å². The average Bonchev–Trinajstić information content (AvgIpc) is 2.74. The van der Waals surface area contributed by atoms with Gasteiger partial charge in [-0.05, 0) is 54.7 Å². The van der Waals surface area contributed by atoms with Crippen molar-refractivity contribution in [1.82, 2.24) is 15.5 Å². The predicted octanol–water partition coefficient (Wildman–Crippen LogP) is 3.26. The molecule has 0 aliphatic carbocycles. The van der Waals surface area contributed by atoms with Crippen LogP contribution in [-0.2, 0) is 24.2 Å². The highest BCUT2D eigenvalue weighted by Crippen LogP contribution is 2.12. The van der Waals surface area contributed by atoms with Gasteiger partial charge in [-0.2, -0.15) is 0 Å². The number of nitrogens with zero attached hydrogens (tertiary/aromatic N) is 2. The van der Waals surface area contributed by atoms with Crippen LogP contribution in [0.4, 0.5) is 4.39 Å². The van der Waals surface area contributed by atoms with Crippen molar-refractivity contribution in [3.05, 3.63) is 70.5 Å². The number of morpholine rings is 1. The lowest BCUT2D eigenvalue weighted by atomic mass is 10.1. The molecule has 0 amide bonds. The van der Waals surface area contributed by atoms with Gasteiger partial charge in [0.05, 0.1) is 19.8 Å². The van der Waals surface area contributed by atoms with Gasteiger partial charge in [0.2, 0.25) is 0 Å².